The molecule has 0 fully saturated rings. The van der Waals surface area contributed by atoms with Crippen molar-refractivity contribution >= 4 is 10.9 Å². The lowest BCUT2D eigenvalue weighted by molar-refractivity contribution is 0.356. The molecule has 1 aromatic carbocycles. The summed E-state index contributed by atoms with van der Waals surface area (Å²) in [4.78, 5) is 4.20. The summed E-state index contributed by atoms with van der Waals surface area (Å²) in [6.07, 6.45) is 2.92. The number of nitrogens with zero attached hydrogens (tertiary/aromatic N) is 1. The van der Waals surface area contributed by atoms with Gasteiger partial charge >= 0.3 is 0 Å². The van der Waals surface area contributed by atoms with Gasteiger partial charge in [-0.3, -0.25) is 0 Å². The maximum absolute atomic E-state index is 5.22. The summed E-state index contributed by atoms with van der Waals surface area (Å²) in [5, 5.41) is 1.03. The summed E-state index contributed by atoms with van der Waals surface area (Å²) in [5.41, 5.74) is 1.87. The van der Waals surface area contributed by atoms with Crippen LogP contribution in [0.15, 0.2) is 18.2 Å². The van der Waals surface area contributed by atoms with Gasteiger partial charge in [-0.1, -0.05) is 0 Å². The molecule has 1 radical (unpaired) electrons. The average Bonchev–Trinajstić information content (AvgIpc) is 2.27. The van der Waals surface area contributed by atoms with Gasteiger partial charge in [0.15, 0.2) is 11.5 Å². The predicted octanol–water partition coefficient (Wildman–Crippen LogP) is 2.36. The quantitative estimate of drug-likeness (QED) is 0.749. The average molecular weight is 202 g/mol. The molecule has 3 heteroatoms. The Balaban J connectivity index is 2.69. The summed E-state index contributed by atoms with van der Waals surface area (Å²) >= 11 is 0. The van der Waals surface area contributed by atoms with Crippen LogP contribution >= 0.6 is 0 Å². The van der Waals surface area contributed by atoms with Crippen molar-refractivity contribution in [2.75, 3.05) is 14.2 Å². The van der Waals surface area contributed by atoms with E-state index in [0.29, 0.717) is 5.75 Å². The van der Waals surface area contributed by atoms with Crippen molar-refractivity contribution in [3.05, 3.63) is 30.0 Å². The molecule has 0 aliphatic carbocycles. The molecule has 2 aromatic rings. The monoisotopic (exact) mass is 202 g/mol. The molecular weight excluding hydrogens is 190 g/mol. The van der Waals surface area contributed by atoms with Crippen LogP contribution in [0.25, 0.3) is 10.9 Å². The predicted molar refractivity (Wildman–Crippen MR) is 58.4 cm³/mol. The fraction of sp³-hybridized carbons (Fsp3) is 0.250. The lowest BCUT2D eigenvalue weighted by atomic mass is 10.1. The molecule has 15 heavy (non-hydrogen) atoms. The van der Waals surface area contributed by atoms with Crippen molar-refractivity contribution in [1.29, 1.82) is 0 Å². The lowest BCUT2D eigenvalue weighted by Gasteiger charge is -2.08. The molecule has 0 N–H and O–H groups in total. The van der Waals surface area contributed by atoms with E-state index in [1.807, 2.05) is 25.1 Å². The zero-order valence-corrected chi connectivity index (χ0v) is 9.00. The maximum atomic E-state index is 5.22. The highest BCUT2D eigenvalue weighted by atomic mass is 16.5. The molecule has 0 amide bonds. The van der Waals surface area contributed by atoms with Crippen LogP contribution in [0.4, 0.5) is 0 Å². The Bertz CT molecular complexity index is 494. The molecule has 77 valence electrons. The first-order chi connectivity index (χ1) is 7.24. The van der Waals surface area contributed by atoms with E-state index in [1.54, 1.807) is 14.2 Å². The highest BCUT2D eigenvalue weighted by molar-refractivity contribution is 5.82. The number of fused-ring (bicyclic) bond motifs is 1. The lowest BCUT2D eigenvalue weighted by Crippen LogP contribution is -1.91. The van der Waals surface area contributed by atoms with Crippen LogP contribution in [0.3, 0.4) is 0 Å². The molecule has 0 bridgehead atoms. The van der Waals surface area contributed by atoms with Crippen molar-refractivity contribution in [2.24, 2.45) is 0 Å². The summed E-state index contributed by atoms with van der Waals surface area (Å²) < 4.78 is 10.4. The Morgan fingerprint density at radius 2 is 1.73 bits per heavy atom. The molecule has 1 aromatic heterocycles. The number of hydrogen-bond donors (Lipinski definition) is 0. The highest BCUT2D eigenvalue weighted by Gasteiger charge is 2.06. The van der Waals surface area contributed by atoms with Crippen molar-refractivity contribution in [2.45, 2.75) is 6.92 Å². The zero-order valence-electron chi connectivity index (χ0n) is 9.00. The number of hydrogen-bond acceptors (Lipinski definition) is 3. The SMILES string of the molecule is COc1cc2cc(C)[c]nc2cc1OC. The van der Waals surface area contributed by atoms with Gasteiger partial charge in [0, 0.05) is 11.5 Å². The van der Waals surface area contributed by atoms with Crippen LogP contribution in [0.2, 0.25) is 0 Å². The molecular formula is C12H12NO2. The second-order valence-electron chi connectivity index (χ2n) is 3.32. The summed E-state index contributed by atoms with van der Waals surface area (Å²) in [6, 6.07) is 5.79. The Kier molecular flexibility index (Phi) is 2.46. The number of methoxy groups -OCH3 is 2. The number of aryl methyl sites for hydroxylation is 1. The summed E-state index contributed by atoms with van der Waals surface area (Å²) in [5.74, 6) is 1.41. The van der Waals surface area contributed by atoms with Gasteiger partial charge in [-0.25, -0.2) is 4.98 Å². The standard InChI is InChI=1S/C12H12NO2/c1-8-4-9-5-11(14-2)12(15-3)6-10(9)13-7-8/h4-6H,1-3H3. The zero-order chi connectivity index (χ0) is 10.8. The normalized spacial score (nSPS) is 10.3. The topological polar surface area (TPSA) is 31.4 Å². The van der Waals surface area contributed by atoms with Crippen LogP contribution in [-0.2, 0) is 0 Å². The van der Waals surface area contributed by atoms with Gasteiger partial charge in [-0.2, -0.15) is 0 Å². The fourth-order valence-corrected chi connectivity index (χ4v) is 1.51. The van der Waals surface area contributed by atoms with Crippen LogP contribution in [-0.4, -0.2) is 19.2 Å². The molecule has 0 spiro atoms. The fourth-order valence-electron chi connectivity index (χ4n) is 1.51. The molecule has 0 unspecified atom stereocenters. The van der Waals surface area contributed by atoms with Crippen LogP contribution in [0.1, 0.15) is 5.56 Å². The second-order valence-corrected chi connectivity index (χ2v) is 3.32. The minimum Gasteiger partial charge on any atom is -0.493 e. The van der Waals surface area contributed by atoms with Gasteiger partial charge in [0.2, 0.25) is 0 Å². The van der Waals surface area contributed by atoms with Crippen LogP contribution in [0.5, 0.6) is 11.5 Å². The van der Waals surface area contributed by atoms with Crippen molar-refractivity contribution in [1.82, 2.24) is 4.98 Å². The third-order valence-electron chi connectivity index (χ3n) is 2.26. The number of benzene rings is 1. The number of aromatic nitrogens is 1. The maximum Gasteiger partial charge on any atom is 0.162 e. The first-order valence-corrected chi connectivity index (χ1v) is 4.65. The number of pyridine rings is 1. The van der Waals surface area contributed by atoms with E-state index >= 15 is 0 Å². The van der Waals surface area contributed by atoms with Crippen molar-refractivity contribution < 1.29 is 9.47 Å². The molecule has 2 rings (SSSR count). The van der Waals surface area contributed by atoms with Crippen molar-refractivity contribution in [3.63, 3.8) is 0 Å². The Morgan fingerprint density at radius 3 is 2.40 bits per heavy atom. The third-order valence-corrected chi connectivity index (χ3v) is 2.26. The molecule has 0 saturated carbocycles. The first-order valence-electron chi connectivity index (χ1n) is 4.65. The first kappa shape index (κ1) is 9.77. The molecule has 1 heterocycles. The Hall–Kier alpha value is -1.77. The molecule has 0 aliphatic heterocycles. The van der Waals surface area contributed by atoms with E-state index in [2.05, 4.69) is 11.2 Å². The smallest absolute Gasteiger partial charge is 0.162 e. The van der Waals surface area contributed by atoms with Crippen LogP contribution in [0, 0.1) is 13.1 Å². The van der Waals surface area contributed by atoms with Crippen molar-refractivity contribution in [3.8, 4) is 11.5 Å². The molecule has 3 nitrogen and oxygen atoms in total. The van der Waals surface area contributed by atoms with Gasteiger partial charge in [0.05, 0.1) is 25.9 Å². The minimum atomic E-state index is 0.690. The Labute approximate surface area is 88.7 Å². The van der Waals surface area contributed by atoms with Gasteiger partial charge in [0.25, 0.3) is 0 Å². The van der Waals surface area contributed by atoms with Crippen LogP contribution < -0.4 is 9.47 Å². The van der Waals surface area contributed by atoms with E-state index in [-0.39, 0.29) is 0 Å². The second kappa shape index (κ2) is 3.77. The highest BCUT2D eigenvalue weighted by Crippen LogP contribution is 2.31. The molecule has 0 atom stereocenters. The number of rotatable bonds is 2. The minimum absolute atomic E-state index is 0.690. The van der Waals surface area contributed by atoms with Gasteiger partial charge in [0.1, 0.15) is 0 Å². The van der Waals surface area contributed by atoms with E-state index in [9.17, 15) is 0 Å². The summed E-state index contributed by atoms with van der Waals surface area (Å²) in [7, 11) is 3.24. The van der Waals surface area contributed by atoms with E-state index in [0.717, 1.165) is 22.2 Å². The molecule has 0 aliphatic rings. The van der Waals surface area contributed by atoms with E-state index < -0.39 is 0 Å². The molecule has 0 saturated heterocycles. The number of ether oxygens (including phenoxy) is 2. The Morgan fingerprint density at radius 1 is 1.07 bits per heavy atom. The largest absolute Gasteiger partial charge is 0.493 e. The third kappa shape index (κ3) is 1.73. The van der Waals surface area contributed by atoms with E-state index in [4.69, 9.17) is 9.47 Å². The summed E-state index contributed by atoms with van der Waals surface area (Å²) in [6.45, 7) is 1.96. The van der Waals surface area contributed by atoms with Gasteiger partial charge in [-0.15, -0.1) is 0 Å². The van der Waals surface area contributed by atoms with Gasteiger partial charge in [-0.05, 0) is 24.6 Å². The van der Waals surface area contributed by atoms with Gasteiger partial charge < -0.3 is 9.47 Å². The van der Waals surface area contributed by atoms with E-state index in [1.165, 1.54) is 0 Å².